The maximum Gasteiger partial charge on any atom is 0.341 e. The van der Waals surface area contributed by atoms with Gasteiger partial charge in [0.2, 0.25) is 0 Å². The van der Waals surface area contributed by atoms with Gasteiger partial charge in [0.15, 0.2) is 5.13 Å². The molecule has 3 heterocycles. The highest BCUT2D eigenvalue weighted by atomic mass is 32.1. The minimum Gasteiger partial charge on any atom is -0.465 e. The predicted octanol–water partition coefficient (Wildman–Crippen LogP) is 6.60. The molecule has 1 aliphatic rings. The first-order valence-corrected chi connectivity index (χ1v) is 12.6. The van der Waals surface area contributed by atoms with Crippen LogP contribution >= 0.6 is 11.3 Å². The van der Waals surface area contributed by atoms with Crippen LogP contribution in [0.5, 0.6) is 0 Å². The van der Waals surface area contributed by atoms with Gasteiger partial charge >= 0.3 is 5.97 Å². The van der Waals surface area contributed by atoms with Gasteiger partial charge in [0.05, 0.1) is 17.7 Å². The van der Waals surface area contributed by atoms with E-state index in [9.17, 15) is 4.79 Å². The standard InChI is InChI=1S/C25H28N4O2S.C2H6/c1-16(2)21-22(18-10-12-29(3)13-11-18)32-25(27-21)28-23-20(24(30)31-4)14-19(15-26-23)17-8-6-5-7-9-17;1-2/h5-10,14-16H,11-13H2,1-4H3,(H,26,27,28);1-2H3. The fourth-order valence-corrected chi connectivity index (χ4v) is 4.89. The van der Waals surface area contributed by atoms with Crippen LogP contribution in [-0.4, -0.2) is 48.1 Å². The maximum atomic E-state index is 12.5. The zero-order chi connectivity index (χ0) is 24.7. The molecule has 0 bridgehead atoms. The van der Waals surface area contributed by atoms with Crippen molar-refractivity contribution in [2.75, 3.05) is 32.6 Å². The van der Waals surface area contributed by atoms with Crippen molar-refractivity contribution < 1.29 is 9.53 Å². The Balaban J connectivity index is 0.00000158. The highest BCUT2D eigenvalue weighted by Gasteiger charge is 2.22. The number of aromatic nitrogens is 2. The highest BCUT2D eigenvalue weighted by Crippen LogP contribution is 2.37. The topological polar surface area (TPSA) is 67.3 Å². The molecule has 3 aromatic rings. The fraction of sp³-hybridized carbons (Fsp3) is 0.370. The third kappa shape index (κ3) is 5.90. The zero-order valence-electron chi connectivity index (χ0n) is 20.9. The van der Waals surface area contributed by atoms with E-state index in [0.717, 1.165) is 41.5 Å². The Hall–Kier alpha value is -3.03. The zero-order valence-corrected chi connectivity index (χ0v) is 21.7. The number of benzene rings is 1. The van der Waals surface area contributed by atoms with Crippen molar-refractivity contribution in [3.8, 4) is 11.1 Å². The van der Waals surface area contributed by atoms with Crippen LogP contribution in [0.25, 0.3) is 16.7 Å². The van der Waals surface area contributed by atoms with Gasteiger partial charge in [-0.05, 0) is 36.6 Å². The minimum absolute atomic E-state index is 0.297. The smallest absolute Gasteiger partial charge is 0.341 e. The third-order valence-corrected chi connectivity index (χ3v) is 6.59. The Labute approximate surface area is 206 Å². The lowest BCUT2D eigenvalue weighted by atomic mass is 10.0. The van der Waals surface area contributed by atoms with Gasteiger partial charge in [-0.3, -0.25) is 0 Å². The first-order valence-electron chi connectivity index (χ1n) is 11.8. The van der Waals surface area contributed by atoms with Crippen LogP contribution < -0.4 is 5.32 Å². The Morgan fingerprint density at radius 2 is 1.91 bits per heavy atom. The molecule has 0 unspecified atom stereocenters. The van der Waals surface area contributed by atoms with Gasteiger partial charge in [0, 0.05) is 24.8 Å². The van der Waals surface area contributed by atoms with Gasteiger partial charge < -0.3 is 15.0 Å². The van der Waals surface area contributed by atoms with E-state index in [2.05, 4.69) is 42.2 Å². The van der Waals surface area contributed by atoms with E-state index >= 15 is 0 Å². The molecule has 1 N–H and O–H groups in total. The monoisotopic (exact) mass is 478 g/mol. The molecule has 0 aliphatic carbocycles. The van der Waals surface area contributed by atoms with Gasteiger partial charge in [-0.15, -0.1) is 0 Å². The molecule has 180 valence electrons. The van der Waals surface area contributed by atoms with Gasteiger partial charge in [-0.25, -0.2) is 14.8 Å². The number of pyridine rings is 1. The summed E-state index contributed by atoms with van der Waals surface area (Å²) in [6, 6.07) is 11.7. The number of carbonyl (C=O) groups is 1. The molecule has 0 spiro atoms. The van der Waals surface area contributed by atoms with E-state index in [0.29, 0.717) is 17.3 Å². The number of hydrogen-bond acceptors (Lipinski definition) is 7. The molecule has 0 fully saturated rings. The van der Waals surface area contributed by atoms with Crippen molar-refractivity contribution in [3.05, 3.63) is 64.8 Å². The lowest BCUT2D eigenvalue weighted by molar-refractivity contribution is 0.0601. The van der Waals surface area contributed by atoms with Crippen molar-refractivity contribution in [1.29, 1.82) is 0 Å². The minimum atomic E-state index is -0.434. The Kier molecular flexibility index (Phi) is 8.96. The van der Waals surface area contributed by atoms with E-state index in [-0.39, 0.29) is 0 Å². The summed E-state index contributed by atoms with van der Waals surface area (Å²) in [6.07, 6.45) is 5.07. The third-order valence-electron chi connectivity index (χ3n) is 5.53. The molecule has 6 nitrogen and oxygen atoms in total. The van der Waals surface area contributed by atoms with Gasteiger partial charge in [0.25, 0.3) is 0 Å². The SMILES string of the molecule is CC.COC(=O)c1cc(-c2ccccc2)cnc1Nc1nc(C(C)C)c(C2=CCN(C)CC2)s1. The van der Waals surface area contributed by atoms with Crippen molar-refractivity contribution >= 4 is 33.8 Å². The molecule has 4 rings (SSSR count). The summed E-state index contributed by atoms with van der Waals surface area (Å²) in [6.45, 7) is 10.3. The van der Waals surface area contributed by atoms with Crippen LogP contribution in [0.15, 0.2) is 48.7 Å². The number of methoxy groups -OCH3 is 1. The highest BCUT2D eigenvalue weighted by molar-refractivity contribution is 7.16. The molecule has 1 aromatic carbocycles. The van der Waals surface area contributed by atoms with E-state index in [4.69, 9.17) is 9.72 Å². The number of esters is 1. The lowest BCUT2D eigenvalue weighted by Crippen LogP contribution is -2.23. The Bertz CT molecular complexity index is 1140. The molecule has 0 saturated heterocycles. The van der Waals surface area contributed by atoms with Crippen LogP contribution in [0.2, 0.25) is 0 Å². The number of rotatable bonds is 6. The van der Waals surface area contributed by atoms with Crippen LogP contribution in [0, 0.1) is 0 Å². The largest absolute Gasteiger partial charge is 0.465 e. The number of likely N-dealkylation sites (N-methyl/N-ethyl adjacent to an activating group) is 1. The summed E-state index contributed by atoms with van der Waals surface area (Å²) in [5.41, 5.74) is 4.65. The summed E-state index contributed by atoms with van der Waals surface area (Å²) >= 11 is 1.62. The first-order chi connectivity index (χ1) is 16.5. The van der Waals surface area contributed by atoms with E-state index < -0.39 is 5.97 Å². The molecule has 0 amide bonds. The van der Waals surface area contributed by atoms with Crippen LogP contribution in [0.3, 0.4) is 0 Å². The molecule has 1 aliphatic heterocycles. The molecule has 7 heteroatoms. The number of anilines is 2. The number of thiazole rings is 1. The fourth-order valence-electron chi connectivity index (χ4n) is 3.70. The summed E-state index contributed by atoms with van der Waals surface area (Å²) < 4.78 is 5.03. The predicted molar refractivity (Wildman–Crippen MR) is 142 cm³/mol. The van der Waals surface area contributed by atoms with E-state index in [1.54, 1.807) is 17.5 Å². The number of hydrogen-bond donors (Lipinski definition) is 1. The van der Waals surface area contributed by atoms with Crippen LogP contribution in [0.4, 0.5) is 10.9 Å². The number of nitrogens with one attached hydrogen (secondary N) is 1. The average Bonchev–Trinajstić information content (AvgIpc) is 3.30. The normalized spacial score (nSPS) is 13.7. The van der Waals surface area contributed by atoms with Crippen molar-refractivity contribution in [1.82, 2.24) is 14.9 Å². The second kappa shape index (κ2) is 11.9. The molecular formula is C27H34N4O2S. The molecule has 2 aromatic heterocycles. The van der Waals surface area contributed by atoms with Crippen molar-refractivity contribution in [3.63, 3.8) is 0 Å². The molecular weight excluding hydrogens is 444 g/mol. The average molecular weight is 479 g/mol. The second-order valence-electron chi connectivity index (χ2n) is 8.23. The summed E-state index contributed by atoms with van der Waals surface area (Å²) in [5, 5.41) is 4.02. The van der Waals surface area contributed by atoms with E-state index in [1.807, 2.05) is 50.2 Å². The summed E-state index contributed by atoms with van der Waals surface area (Å²) in [7, 11) is 3.52. The van der Waals surface area contributed by atoms with Crippen LogP contribution in [0.1, 0.15) is 61.0 Å². The maximum absolute atomic E-state index is 12.5. The number of nitrogens with zero attached hydrogens (tertiary/aromatic N) is 3. The van der Waals surface area contributed by atoms with Gasteiger partial charge in [0.1, 0.15) is 11.4 Å². The second-order valence-corrected chi connectivity index (χ2v) is 9.23. The summed E-state index contributed by atoms with van der Waals surface area (Å²) in [4.78, 5) is 25.5. The lowest BCUT2D eigenvalue weighted by Gasteiger charge is -2.22. The number of carbonyl (C=O) groups excluding carboxylic acids is 1. The molecule has 0 saturated carbocycles. The van der Waals surface area contributed by atoms with Crippen molar-refractivity contribution in [2.45, 2.75) is 40.0 Å². The number of ether oxygens (including phenoxy) is 1. The molecule has 0 atom stereocenters. The quantitative estimate of drug-likeness (QED) is 0.402. The van der Waals surface area contributed by atoms with Crippen molar-refractivity contribution in [2.24, 2.45) is 0 Å². The first kappa shape index (κ1) is 25.6. The van der Waals surface area contributed by atoms with Crippen LogP contribution in [-0.2, 0) is 4.74 Å². The van der Waals surface area contributed by atoms with E-state index in [1.165, 1.54) is 17.6 Å². The Morgan fingerprint density at radius 1 is 1.18 bits per heavy atom. The molecule has 34 heavy (non-hydrogen) atoms. The molecule has 0 radical (unpaired) electrons. The summed E-state index contributed by atoms with van der Waals surface area (Å²) in [5.74, 6) is 0.312. The Morgan fingerprint density at radius 3 is 2.53 bits per heavy atom. The van der Waals surface area contributed by atoms with Gasteiger partial charge in [-0.1, -0.05) is 75.4 Å². The van der Waals surface area contributed by atoms with Gasteiger partial charge in [-0.2, -0.15) is 0 Å².